The maximum absolute atomic E-state index is 11.7. The van der Waals surface area contributed by atoms with E-state index in [9.17, 15) is 13.2 Å². The van der Waals surface area contributed by atoms with E-state index >= 15 is 0 Å². The summed E-state index contributed by atoms with van der Waals surface area (Å²) < 4.78 is 24.9. The van der Waals surface area contributed by atoms with Gasteiger partial charge in [-0.05, 0) is 6.07 Å². The molecule has 2 N–H and O–H groups in total. The second kappa shape index (κ2) is 4.29. The molecule has 0 bridgehead atoms. The number of hydrogen-bond donors (Lipinski definition) is 1. The first-order valence-corrected chi connectivity index (χ1v) is 7.46. The Morgan fingerprint density at radius 1 is 1.44 bits per heavy atom. The second-order valence-corrected chi connectivity index (χ2v) is 6.14. The minimum absolute atomic E-state index is 0.0380. The number of para-hydroxylation sites is 1. The van der Waals surface area contributed by atoms with E-state index in [0.29, 0.717) is 10.9 Å². The number of rotatable bonds is 3. The zero-order valence-electron chi connectivity index (χ0n) is 9.55. The molecule has 5 nitrogen and oxygen atoms in total. The maximum Gasteiger partial charge on any atom is 0.250 e. The van der Waals surface area contributed by atoms with Gasteiger partial charge in [-0.2, -0.15) is 0 Å². The predicted octanol–water partition coefficient (Wildman–Crippen LogP) is 1.34. The third kappa shape index (κ3) is 1.97. The van der Waals surface area contributed by atoms with Gasteiger partial charge < -0.3 is 10.3 Å². The van der Waals surface area contributed by atoms with Crippen LogP contribution in [0.3, 0.4) is 0 Å². The van der Waals surface area contributed by atoms with Crippen LogP contribution >= 0.6 is 11.6 Å². The largest absolute Gasteiger partial charge is 0.366 e. The number of carbonyl (C=O) groups excluding carboxylic acids is 1. The first-order valence-electron chi connectivity index (χ1n) is 5.04. The fraction of sp³-hybridized carbons (Fsp3) is 0.182. The van der Waals surface area contributed by atoms with Crippen LogP contribution < -0.4 is 5.73 Å². The van der Waals surface area contributed by atoms with Crippen molar-refractivity contribution in [1.82, 2.24) is 4.57 Å². The van der Waals surface area contributed by atoms with Gasteiger partial charge in [0, 0.05) is 17.8 Å². The highest BCUT2D eigenvalue weighted by Crippen LogP contribution is 2.28. The Kier molecular flexibility index (Phi) is 3.08. The van der Waals surface area contributed by atoms with Crippen LogP contribution in [0.15, 0.2) is 29.3 Å². The number of primary amides is 1. The first-order chi connectivity index (χ1) is 8.36. The van der Waals surface area contributed by atoms with E-state index in [0.717, 1.165) is 6.26 Å². The van der Waals surface area contributed by atoms with Gasteiger partial charge in [0.25, 0.3) is 5.91 Å². The van der Waals surface area contributed by atoms with E-state index < -0.39 is 15.7 Å². The number of hydrogen-bond acceptors (Lipinski definition) is 3. The quantitative estimate of drug-likeness (QED) is 0.865. The zero-order valence-corrected chi connectivity index (χ0v) is 11.1. The van der Waals surface area contributed by atoms with E-state index in [2.05, 4.69) is 0 Å². The van der Waals surface area contributed by atoms with Gasteiger partial charge in [-0.15, -0.1) is 11.6 Å². The molecule has 0 spiro atoms. The number of halogens is 1. The molecule has 2 rings (SSSR count). The molecular weight excluding hydrogens is 276 g/mol. The summed E-state index contributed by atoms with van der Waals surface area (Å²) in [6.07, 6.45) is 2.58. The minimum atomic E-state index is -3.41. The van der Waals surface area contributed by atoms with Gasteiger partial charge in [0.05, 0.1) is 22.0 Å². The molecule has 1 amide bonds. The topological polar surface area (TPSA) is 82.2 Å². The predicted molar refractivity (Wildman–Crippen MR) is 69.4 cm³/mol. The molecule has 0 aliphatic carbocycles. The Bertz CT molecular complexity index is 734. The molecule has 0 radical (unpaired) electrons. The maximum atomic E-state index is 11.7. The second-order valence-electron chi connectivity index (χ2n) is 3.92. The van der Waals surface area contributed by atoms with Crippen LogP contribution in [0.5, 0.6) is 0 Å². The molecule has 1 aromatic carbocycles. The van der Waals surface area contributed by atoms with Crippen molar-refractivity contribution in [2.24, 2.45) is 5.73 Å². The molecule has 7 heteroatoms. The monoisotopic (exact) mass is 286 g/mol. The average molecular weight is 287 g/mol. The molecule has 0 unspecified atom stereocenters. The SMILES string of the molecule is CS(=O)(=O)c1cccc2c(C(N)=O)cn(CCl)c12. The number of fused-ring (bicyclic) bond motifs is 1. The highest BCUT2D eigenvalue weighted by molar-refractivity contribution is 7.91. The van der Waals surface area contributed by atoms with Crippen molar-refractivity contribution in [2.75, 3.05) is 6.26 Å². The van der Waals surface area contributed by atoms with E-state index in [1.165, 1.54) is 16.8 Å². The van der Waals surface area contributed by atoms with E-state index in [1.54, 1.807) is 12.1 Å². The number of sulfone groups is 1. The molecule has 18 heavy (non-hydrogen) atoms. The number of alkyl halides is 1. The number of aromatic nitrogens is 1. The van der Waals surface area contributed by atoms with Gasteiger partial charge in [-0.25, -0.2) is 8.42 Å². The number of nitrogens with zero attached hydrogens (tertiary/aromatic N) is 1. The smallest absolute Gasteiger partial charge is 0.250 e. The Morgan fingerprint density at radius 3 is 2.61 bits per heavy atom. The minimum Gasteiger partial charge on any atom is -0.366 e. The lowest BCUT2D eigenvalue weighted by Gasteiger charge is -2.05. The van der Waals surface area contributed by atoms with Crippen LogP contribution in [0.4, 0.5) is 0 Å². The fourth-order valence-corrected chi connectivity index (χ4v) is 3.01. The molecule has 0 fully saturated rings. The molecule has 96 valence electrons. The van der Waals surface area contributed by atoms with Crippen molar-refractivity contribution < 1.29 is 13.2 Å². The van der Waals surface area contributed by atoms with Gasteiger partial charge in [0.15, 0.2) is 9.84 Å². The molecule has 2 aromatic rings. The van der Waals surface area contributed by atoms with Crippen LogP contribution in [0.2, 0.25) is 0 Å². The lowest BCUT2D eigenvalue weighted by Crippen LogP contribution is -2.10. The summed E-state index contributed by atoms with van der Waals surface area (Å²) >= 11 is 5.76. The van der Waals surface area contributed by atoms with Crippen molar-refractivity contribution >= 4 is 38.2 Å². The molecular formula is C11H11ClN2O3S. The van der Waals surface area contributed by atoms with Gasteiger partial charge in [-0.1, -0.05) is 12.1 Å². The van der Waals surface area contributed by atoms with Crippen molar-refractivity contribution in [3.63, 3.8) is 0 Å². The Labute approximate surface area is 109 Å². The van der Waals surface area contributed by atoms with Crippen LogP contribution in [-0.4, -0.2) is 25.1 Å². The molecule has 0 aliphatic rings. The number of nitrogens with two attached hydrogens (primary N) is 1. The van der Waals surface area contributed by atoms with Gasteiger partial charge in [0.1, 0.15) is 0 Å². The molecule has 0 aliphatic heterocycles. The molecule has 1 aromatic heterocycles. The highest BCUT2D eigenvalue weighted by Gasteiger charge is 2.19. The molecule has 1 heterocycles. The summed E-state index contributed by atoms with van der Waals surface area (Å²) in [6.45, 7) is 0. The summed E-state index contributed by atoms with van der Waals surface area (Å²) in [5.74, 6) is -0.616. The Balaban J connectivity index is 2.97. The molecule has 0 saturated carbocycles. The molecule has 0 atom stereocenters. The van der Waals surface area contributed by atoms with Crippen molar-refractivity contribution in [1.29, 1.82) is 0 Å². The van der Waals surface area contributed by atoms with Crippen LogP contribution in [-0.2, 0) is 15.8 Å². The van der Waals surface area contributed by atoms with Crippen LogP contribution in [0.25, 0.3) is 10.9 Å². The van der Waals surface area contributed by atoms with Crippen molar-refractivity contribution in [3.8, 4) is 0 Å². The third-order valence-electron chi connectivity index (χ3n) is 2.66. The van der Waals surface area contributed by atoms with Crippen molar-refractivity contribution in [3.05, 3.63) is 30.0 Å². The number of carbonyl (C=O) groups is 1. The number of amides is 1. The van der Waals surface area contributed by atoms with E-state index in [4.69, 9.17) is 17.3 Å². The summed E-state index contributed by atoms with van der Waals surface area (Å²) in [4.78, 5) is 11.5. The van der Waals surface area contributed by atoms with E-state index in [1.807, 2.05) is 0 Å². The molecule has 0 saturated heterocycles. The van der Waals surface area contributed by atoms with Crippen LogP contribution in [0, 0.1) is 0 Å². The normalized spacial score (nSPS) is 11.9. The summed E-state index contributed by atoms with van der Waals surface area (Å²) in [7, 11) is -3.41. The standard InChI is InChI=1S/C11H11ClN2O3S/c1-18(16,17)9-4-2-3-7-8(11(13)15)5-14(6-12)10(7)9/h2-5H,6H2,1H3,(H2,13,15). The zero-order chi connectivity index (χ0) is 13.5. The van der Waals surface area contributed by atoms with Gasteiger partial charge >= 0.3 is 0 Å². The van der Waals surface area contributed by atoms with Crippen LogP contribution in [0.1, 0.15) is 10.4 Å². The van der Waals surface area contributed by atoms with Crippen molar-refractivity contribution in [2.45, 2.75) is 10.9 Å². The van der Waals surface area contributed by atoms with E-state index in [-0.39, 0.29) is 16.5 Å². The Hall–Kier alpha value is -1.53. The highest BCUT2D eigenvalue weighted by atomic mass is 35.5. The third-order valence-corrected chi connectivity index (χ3v) is 4.04. The fourth-order valence-electron chi connectivity index (χ4n) is 1.92. The first kappa shape index (κ1) is 12.9. The van der Waals surface area contributed by atoms with Gasteiger partial charge in [0.2, 0.25) is 0 Å². The average Bonchev–Trinajstić information content (AvgIpc) is 2.66. The Morgan fingerprint density at radius 2 is 2.11 bits per heavy atom. The van der Waals surface area contributed by atoms with Gasteiger partial charge in [-0.3, -0.25) is 4.79 Å². The lowest BCUT2D eigenvalue weighted by atomic mass is 10.2. The lowest BCUT2D eigenvalue weighted by molar-refractivity contribution is 0.100. The summed E-state index contributed by atoms with van der Waals surface area (Å²) in [5, 5.41) is 0.492. The number of benzene rings is 1. The summed E-state index contributed by atoms with van der Waals surface area (Å²) in [6, 6.07) is 4.73. The summed E-state index contributed by atoms with van der Waals surface area (Å²) in [5.41, 5.74) is 5.93.